The quantitative estimate of drug-likeness (QED) is 0.664. The summed E-state index contributed by atoms with van der Waals surface area (Å²) in [6.45, 7) is 2.57. The number of hydrogen-bond donors (Lipinski definition) is 1. The maximum atomic E-state index is 11.0. The summed E-state index contributed by atoms with van der Waals surface area (Å²) in [5.74, 6) is 0.905. The van der Waals surface area contributed by atoms with Crippen LogP contribution in [0.25, 0.3) is 0 Å². The first kappa shape index (κ1) is 9.86. The standard InChI is InChI=1S/C8H15NO2S/c1-6(9)3-5-12-7-2-4-11-8(7)10/h6-7H,2-5,9H2,1H3. The molecule has 0 aromatic heterocycles. The molecule has 0 aromatic carbocycles. The van der Waals surface area contributed by atoms with Crippen LogP contribution in [0.1, 0.15) is 19.8 Å². The van der Waals surface area contributed by atoms with Gasteiger partial charge in [-0.25, -0.2) is 0 Å². The monoisotopic (exact) mass is 189 g/mol. The van der Waals surface area contributed by atoms with Gasteiger partial charge in [0, 0.05) is 12.5 Å². The molecule has 0 radical (unpaired) electrons. The number of ether oxygens (including phenoxy) is 1. The number of thioether (sulfide) groups is 1. The Labute approximate surface area is 77.0 Å². The lowest BCUT2D eigenvalue weighted by Gasteiger charge is -2.06. The number of esters is 1. The van der Waals surface area contributed by atoms with E-state index in [1.165, 1.54) is 0 Å². The number of carbonyl (C=O) groups excluding carboxylic acids is 1. The SMILES string of the molecule is CC(N)CCSC1CCOC1=O. The van der Waals surface area contributed by atoms with Gasteiger partial charge < -0.3 is 10.5 Å². The molecule has 1 saturated heterocycles. The van der Waals surface area contributed by atoms with Gasteiger partial charge in [-0.3, -0.25) is 4.79 Å². The largest absolute Gasteiger partial charge is 0.465 e. The Morgan fingerprint density at radius 1 is 1.83 bits per heavy atom. The van der Waals surface area contributed by atoms with Gasteiger partial charge in [0.15, 0.2) is 0 Å². The third-order valence-electron chi connectivity index (χ3n) is 1.78. The van der Waals surface area contributed by atoms with Crippen LogP contribution in [0.2, 0.25) is 0 Å². The van der Waals surface area contributed by atoms with E-state index < -0.39 is 0 Å². The van der Waals surface area contributed by atoms with Crippen molar-refractivity contribution in [2.24, 2.45) is 5.73 Å². The van der Waals surface area contributed by atoms with Crippen molar-refractivity contribution in [1.29, 1.82) is 0 Å². The van der Waals surface area contributed by atoms with Crippen molar-refractivity contribution >= 4 is 17.7 Å². The minimum atomic E-state index is -0.0512. The van der Waals surface area contributed by atoms with Crippen LogP contribution in [0.3, 0.4) is 0 Å². The summed E-state index contributed by atoms with van der Waals surface area (Å²) in [6, 6.07) is 0.231. The zero-order chi connectivity index (χ0) is 8.97. The van der Waals surface area contributed by atoms with Gasteiger partial charge in [0.1, 0.15) is 5.25 Å². The van der Waals surface area contributed by atoms with Gasteiger partial charge >= 0.3 is 5.97 Å². The Hall–Kier alpha value is -0.220. The van der Waals surface area contributed by atoms with Crippen molar-refractivity contribution in [3.05, 3.63) is 0 Å². The Bertz CT molecular complexity index is 161. The summed E-state index contributed by atoms with van der Waals surface area (Å²) >= 11 is 1.67. The molecule has 2 N–H and O–H groups in total. The summed E-state index contributed by atoms with van der Waals surface area (Å²) < 4.78 is 4.83. The first-order valence-electron chi connectivity index (χ1n) is 4.24. The molecule has 2 unspecified atom stereocenters. The van der Waals surface area contributed by atoms with Gasteiger partial charge in [0.25, 0.3) is 0 Å². The summed E-state index contributed by atoms with van der Waals surface area (Å²) in [4.78, 5) is 11.0. The molecule has 1 aliphatic heterocycles. The Balaban J connectivity index is 2.10. The Kier molecular flexibility index (Phi) is 3.88. The van der Waals surface area contributed by atoms with Gasteiger partial charge in [-0.2, -0.15) is 0 Å². The lowest BCUT2D eigenvalue weighted by atomic mass is 10.3. The highest BCUT2D eigenvalue weighted by Gasteiger charge is 2.26. The summed E-state index contributed by atoms with van der Waals surface area (Å²) in [7, 11) is 0. The van der Waals surface area contributed by atoms with Gasteiger partial charge in [-0.1, -0.05) is 0 Å². The average molecular weight is 189 g/mol. The molecule has 2 atom stereocenters. The summed E-state index contributed by atoms with van der Waals surface area (Å²) in [6.07, 6.45) is 1.83. The van der Waals surface area contributed by atoms with Gasteiger partial charge in [0.05, 0.1) is 6.61 Å². The third kappa shape index (κ3) is 3.03. The maximum Gasteiger partial charge on any atom is 0.319 e. The predicted octanol–water partition coefficient (Wildman–Crippen LogP) is 0.772. The lowest BCUT2D eigenvalue weighted by Crippen LogP contribution is -2.17. The van der Waals surface area contributed by atoms with Crippen LogP contribution in [0.4, 0.5) is 0 Å². The van der Waals surface area contributed by atoms with Crippen molar-refractivity contribution in [3.63, 3.8) is 0 Å². The van der Waals surface area contributed by atoms with E-state index in [1.54, 1.807) is 11.8 Å². The Morgan fingerprint density at radius 3 is 3.08 bits per heavy atom. The molecule has 0 amide bonds. The second-order valence-electron chi connectivity index (χ2n) is 3.08. The molecule has 0 aliphatic carbocycles. The minimum absolute atomic E-state index is 0.0512. The fourth-order valence-electron chi connectivity index (χ4n) is 1.02. The highest BCUT2D eigenvalue weighted by atomic mass is 32.2. The summed E-state index contributed by atoms with van der Waals surface area (Å²) in [5.41, 5.74) is 5.58. The molecule has 0 spiro atoms. The zero-order valence-corrected chi connectivity index (χ0v) is 8.10. The van der Waals surface area contributed by atoms with Crippen LogP contribution >= 0.6 is 11.8 Å². The Morgan fingerprint density at radius 2 is 2.58 bits per heavy atom. The normalized spacial score (nSPS) is 25.5. The van der Waals surface area contributed by atoms with Crippen LogP contribution in [0.5, 0.6) is 0 Å². The first-order chi connectivity index (χ1) is 5.70. The van der Waals surface area contributed by atoms with E-state index in [9.17, 15) is 4.79 Å². The van der Waals surface area contributed by atoms with Crippen LogP contribution in [0, 0.1) is 0 Å². The van der Waals surface area contributed by atoms with E-state index in [-0.39, 0.29) is 17.3 Å². The zero-order valence-electron chi connectivity index (χ0n) is 7.29. The highest BCUT2D eigenvalue weighted by Crippen LogP contribution is 2.22. The molecule has 1 heterocycles. The molecule has 1 fully saturated rings. The van der Waals surface area contributed by atoms with Crippen molar-refractivity contribution in [3.8, 4) is 0 Å². The molecule has 1 aliphatic rings. The number of nitrogens with two attached hydrogens (primary N) is 1. The molecule has 70 valence electrons. The molecule has 0 bridgehead atoms. The van der Waals surface area contributed by atoms with Crippen LogP contribution in [-0.4, -0.2) is 29.6 Å². The van der Waals surface area contributed by atoms with Gasteiger partial charge in [-0.05, 0) is 19.1 Å². The molecule has 0 saturated carbocycles. The molecule has 0 aromatic rings. The first-order valence-corrected chi connectivity index (χ1v) is 5.29. The number of rotatable bonds is 4. The van der Waals surface area contributed by atoms with Crippen molar-refractivity contribution in [2.45, 2.75) is 31.1 Å². The fraction of sp³-hybridized carbons (Fsp3) is 0.875. The average Bonchev–Trinajstić information content (AvgIpc) is 2.36. The summed E-state index contributed by atoms with van der Waals surface area (Å²) in [5, 5.41) is 0.0729. The van der Waals surface area contributed by atoms with E-state index >= 15 is 0 Å². The third-order valence-corrected chi connectivity index (χ3v) is 3.08. The van der Waals surface area contributed by atoms with Crippen LogP contribution in [0.15, 0.2) is 0 Å². The van der Waals surface area contributed by atoms with Gasteiger partial charge in [0.2, 0.25) is 0 Å². The van der Waals surface area contributed by atoms with E-state index in [4.69, 9.17) is 10.5 Å². The topological polar surface area (TPSA) is 52.3 Å². The number of cyclic esters (lactones) is 1. The predicted molar refractivity (Wildman–Crippen MR) is 50.1 cm³/mol. The molecular weight excluding hydrogens is 174 g/mol. The van der Waals surface area contributed by atoms with Crippen molar-refractivity contribution in [2.75, 3.05) is 12.4 Å². The number of hydrogen-bond acceptors (Lipinski definition) is 4. The smallest absolute Gasteiger partial charge is 0.319 e. The van der Waals surface area contributed by atoms with Crippen LogP contribution in [-0.2, 0) is 9.53 Å². The molecule has 1 rings (SSSR count). The van der Waals surface area contributed by atoms with Gasteiger partial charge in [-0.15, -0.1) is 11.8 Å². The molecule has 3 nitrogen and oxygen atoms in total. The minimum Gasteiger partial charge on any atom is -0.465 e. The fourth-order valence-corrected chi connectivity index (χ4v) is 2.28. The van der Waals surface area contributed by atoms with E-state index in [2.05, 4.69) is 0 Å². The highest BCUT2D eigenvalue weighted by molar-refractivity contribution is 8.00. The lowest BCUT2D eigenvalue weighted by molar-refractivity contribution is -0.137. The van der Waals surface area contributed by atoms with Crippen molar-refractivity contribution < 1.29 is 9.53 Å². The number of carbonyl (C=O) groups is 1. The molecule has 4 heteroatoms. The molecular formula is C8H15NO2S. The van der Waals surface area contributed by atoms with E-state index in [0.717, 1.165) is 18.6 Å². The maximum absolute atomic E-state index is 11.0. The van der Waals surface area contributed by atoms with Crippen molar-refractivity contribution in [1.82, 2.24) is 0 Å². The van der Waals surface area contributed by atoms with E-state index in [0.29, 0.717) is 6.61 Å². The second-order valence-corrected chi connectivity index (χ2v) is 4.39. The van der Waals surface area contributed by atoms with Crippen LogP contribution < -0.4 is 5.73 Å². The molecule has 12 heavy (non-hydrogen) atoms. The van der Waals surface area contributed by atoms with E-state index in [1.807, 2.05) is 6.92 Å². The second kappa shape index (κ2) is 4.72.